The maximum absolute atomic E-state index is 11.8. The van der Waals surface area contributed by atoms with E-state index < -0.39 is 0 Å². The molecule has 3 N–H and O–H groups in total. The molecule has 0 aliphatic heterocycles. The van der Waals surface area contributed by atoms with Gasteiger partial charge in [-0.1, -0.05) is 28.1 Å². The molecule has 0 fully saturated rings. The van der Waals surface area contributed by atoms with Crippen molar-refractivity contribution in [2.75, 3.05) is 11.1 Å². The lowest BCUT2D eigenvalue weighted by atomic mass is 10.2. The fourth-order valence-electron chi connectivity index (χ4n) is 1.69. The third kappa shape index (κ3) is 3.96. The van der Waals surface area contributed by atoms with Crippen LogP contribution in [0.25, 0.3) is 6.08 Å². The second-order valence-electron chi connectivity index (χ2n) is 4.45. The minimum absolute atomic E-state index is 0.163. The van der Waals surface area contributed by atoms with E-state index in [-0.39, 0.29) is 5.91 Å². The van der Waals surface area contributed by atoms with E-state index in [1.54, 1.807) is 18.2 Å². The number of benzene rings is 2. The average molecular weight is 331 g/mol. The Morgan fingerprint density at radius 2 is 1.90 bits per heavy atom. The van der Waals surface area contributed by atoms with Gasteiger partial charge >= 0.3 is 0 Å². The number of nitrogens with two attached hydrogens (primary N) is 1. The highest BCUT2D eigenvalue weighted by molar-refractivity contribution is 9.10. The summed E-state index contributed by atoms with van der Waals surface area (Å²) in [5.74, 6) is -0.163. The van der Waals surface area contributed by atoms with Gasteiger partial charge in [-0.25, -0.2) is 0 Å². The Hall–Kier alpha value is -2.07. The van der Waals surface area contributed by atoms with Crippen molar-refractivity contribution in [3.63, 3.8) is 0 Å². The zero-order chi connectivity index (χ0) is 14.5. The number of carbonyl (C=O) groups excluding carboxylic acids is 1. The van der Waals surface area contributed by atoms with Crippen LogP contribution < -0.4 is 11.1 Å². The van der Waals surface area contributed by atoms with Crippen molar-refractivity contribution in [2.45, 2.75) is 6.92 Å². The average Bonchev–Trinajstić information content (AvgIpc) is 2.42. The lowest BCUT2D eigenvalue weighted by molar-refractivity contribution is -0.111. The number of amides is 1. The van der Waals surface area contributed by atoms with Crippen LogP contribution in [0.3, 0.4) is 0 Å². The highest BCUT2D eigenvalue weighted by atomic mass is 79.9. The van der Waals surface area contributed by atoms with E-state index >= 15 is 0 Å². The summed E-state index contributed by atoms with van der Waals surface area (Å²) in [6, 6.07) is 13.0. The molecule has 4 heteroatoms. The number of aryl methyl sites for hydroxylation is 1. The van der Waals surface area contributed by atoms with Gasteiger partial charge in [0.1, 0.15) is 0 Å². The SMILES string of the molecule is Cc1cc(NC(=O)/C=C/c2ccc(N)cc2)ccc1Br. The number of halogens is 1. The molecule has 102 valence electrons. The topological polar surface area (TPSA) is 55.1 Å². The zero-order valence-corrected chi connectivity index (χ0v) is 12.6. The molecule has 0 aliphatic rings. The molecule has 0 radical (unpaired) electrons. The molecule has 20 heavy (non-hydrogen) atoms. The van der Waals surface area contributed by atoms with E-state index in [2.05, 4.69) is 21.2 Å². The largest absolute Gasteiger partial charge is 0.399 e. The Labute approximate surface area is 126 Å². The standard InChI is InChI=1S/C16H15BrN2O/c1-11-10-14(7-8-15(11)17)19-16(20)9-4-12-2-5-13(18)6-3-12/h2-10H,18H2,1H3,(H,19,20)/b9-4+. The first-order chi connectivity index (χ1) is 9.54. The van der Waals surface area contributed by atoms with Crippen molar-refractivity contribution >= 4 is 39.3 Å². The highest BCUT2D eigenvalue weighted by Gasteiger charge is 2.00. The van der Waals surface area contributed by atoms with Crippen molar-refractivity contribution in [1.29, 1.82) is 0 Å². The summed E-state index contributed by atoms with van der Waals surface area (Å²) in [5, 5.41) is 2.82. The van der Waals surface area contributed by atoms with Crippen LogP contribution in [0.2, 0.25) is 0 Å². The molecule has 2 aromatic rings. The Bertz CT molecular complexity index is 648. The van der Waals surface area contributed by atoms with E-state index in [0.717, 1.165) is 21.3 Å². The molecule has 0 unspecified atom stereocenters. The second-order valence-corrected chi connectivity index (χ2v) is 5.31. The van der Waals surface area contributed by atoms with Crippen LogP contribution in [-0.4, -0.2) is 5.91 Å². The van der Waals surface area contributed by atoms with Crippen LogP contribution in [0.1, 0.15) is 11.1 Å². The summed E-state index contributed by atoms with van der Waals surface area (Å²) in [5.41, 5.74) is 9.09. The van der Waals surface area contributed by atoms with Gasteiger partial charge in [-0.2, -0.15) is 0 Å². The lowest BCUT2D eigenvalue weighted by Crippen LogP contribution is -2.07. The maximum Gasteiger partial charge on any atom is 0.248 e. The van der Waals surface area contributed by atoms with E-state index in [4.69, 9.17) is 5.73 Å². The maximum atomic E-state index is 11.8. The molecule has 0 atom stereocenters. The lowest BCUT2D eigenvalue weighted by Gasteiger charge is -2.04. The minimum atomic E-state index is -0.163. The fraction of sp³-hybridized carbons (Fsp3) is 0.0625. The molecule has 2 rings (SSSR count). The van der Waals surface area contributed by atoms with Gasteiger partial charge in [0.25, 0.3) is 0 Å². The number of carbonyl (C=O) groups is 1. The molecule has 2 aromatic carbocycles. The number of hydrogen-bond acceptors (Lipinski definition) is 2. The van der Waals surface area contributed by atoms with Crippen LogP contribution >= 0.6 is 15.9 Å². The molecule has 0 aromatic heterocycles. The van der Waals surface area contributed by atoms with Crippen molar-refractivity contribution in [1.82, 2.24) is 0 Å². The molecular weight excluding hydrogens is 316 g/mol. The summed E-state index contributed by atoms with van der Waals surface area (Å²) in [6.07, 6.45) is 3.25. The summed E-state index contributed by atoms with van der Waals surface area (Å²) >= 11 is 3.43. The van der Waals surface area contributed by atoms with Crippen LogP contribution in [0.5, 0.6) is 0 Å². The van der Waals surface area contributed by atoms with Gasteiger partial charge in [0.2, 0.25) is 5.91 Å². The third-order valence-electron chi connectivity index (χ3n) is 2.79. The summed E-state index contributed by atoms with van der Waals surface area (Å²) in [7, 11) is 0. The van der Waals surface area contributed by atoms with Gasteiger partial charge in [0.15, 0.2) is 0 Å². The van der Waals surface area contributed by atoms with Gasteiger partial charge in [-0.05, 0) is 54.5 Å². The molecule has 1 amide bonds. The van der Waals surface area contributed by atoms with Crippen LogP contribution in [0, 0.1) is 6.92 Å². The molecular formula is C16H15BrN2O. The van der Waals surface area contributed by atoms with Gasteiger partial charge in [-0.15, -0.1) is 0 Å². The normalized spacial score (nSPS) is 10.7. The van der Waals surface area contributed by atoms with Gasteiger partial charge in [-0.3, -0.25) is 4.79 Å². The van der Waals surface area contributed by atoms with Crippen molar-refractivity contribution in [3.05, 3.63) is 64.1 Å². The third-order valence-corrected chi connectivity index (χ3v) is 3.68. The molecule has 0 saturated heterocycles. The first-order valence-corrected chi connectivity index (χ1v) is 6.94. The van der Waals surface area contributed by atoms with Crippen LogP contribution in [0.4, 0.5) is 11.4 Å². The molecule has 3 nitrogen and oxygen atoms in total. The second kappa shape index (κ2) is 6.39. The van der Waals surface area contributed by atoms with Gasteiger partial charge < -0.3 is 11.1 Å². The first kappa shape index (κ1) is 14.3. The van der Waals surface area contributed by atoms with Crippen LogP contribution in [0.15, 0.2) is 53.0 Å². The predicted octanol–water partition coefficient (Wildman–Crippen LogP) is 3.99. The van der Waals surface area contributed by atoms with Crippen molar-refractivity contribution < 1.29 is 4.79 Å². The highest BCUT2D eigenvalue weighted by Crippen LogP contribution is 2.20. The van der Waals surface area contributed by atoms with E-state index in [9.17, 15) is 4.79 Å². The number of nitrogen functional groups attached to an aromatic ring is 1. The molecule has 0 heterocycles. The number of hydrogen-bond donors (Lipinski definition) is 2. The predicted molar refractivity (Wildman–Crippen MR) is 87.4 cm³/mol. The first-order valence-electron chi connectivity index (χ1n) is 6.15. The van der Waals surface area contributed by atoms with Crippen molar-refractivity contribution in [3.8, 4) is 0 Å². The molecule has 0 bridgehead atoms. The Balaban J connectivity index is 2.01. The molecule has 0 spiro atoms. The molecule has 0 saturated carbocycles. The number of anilines is 2. The van der Waals surface area contributed by atoms with E-state index in [1.165, 1.54) is 6.08 Å². The smallest absolute Gasteiger partial charge is 0.248 e. The van der Waals surface area contributed by atoms with E-state index in [0.29, 0.717) is 5.69 Å². The summed E-state index contributed by atoms with van der Waals surface area (Å²) in [4.78, 5) is 11.8. The zero-order valence-electron chi connectivity index (χ0n) is 11.1. The monoisotopic (exact) mass is 330 g/mol. The summed E-state index contributed by atoms with van der Waals surface area (Å²) < 4.78 is 1.02. The number of nitrogens with one attached hydrogen (secondary N) is 1. The summed E-state index contributed by atoms with van der Waals surface area (Å²) in [6.45, 7) is 1.98. The Morgan fingerprint density at radius 3 is 2.55 bits per heavy atom. The minimum Gasteiger partial charge on any atom is -0.399 e. The van der Waals surface area contributed by atoms with E-state index in [1.807, 2.05) is 37.3 Å². The van der Waals surface area contributed by atoms with Crippen molar-refractivity contribution in [2.24, 2.45) is 0 Å². The quantitative estimate of drug-likeness (QED) is 0.660. The molecule has 0 aliphatic carbocycles. The van der Waals surface area contributed by atoms with Gasteiger partial charge in [0, 0.05) is 21.9 Å². The van der Waals surface area contributed by atoms with Gasteiger partial charge in [0.05, 0.1) is 0 Å². The fourth-order valence-corrected chi connectivity index (χ4v) is 1.93. The Kier molecular flexibility index (Phi) is 4.58. The Morgan fingerprint density at radius 1 is 1.20 bits per heavy atom. The van der Waals surface area contributed by atoms with Crippen LogP contribution in [-0.2, 0) is 4.79 Å². The number of rotatable bonds is 3.